The van der Waals surface area contributed by atoms with Crippen molar-refractivity contribution in [3.05, 3.63) is 48.2 Å². The van der Waals surface area contributed by atoms with E-state index in [1.54, 1.807) is 29.4 Å². The van der Waals surface area contributed by atoms with Gasteiger partial charge in [0.1, 0.15) is 0 Å². The van der Waals surface area contributed by atoms with E-state index >= 15 is 0 Å². The Morgan fingerprint density at radius 1 is 1.12 bits per heavy atom. The van der Waals surface area contributed by atoms with Crippen molar-refractivity contribution in [1.82, 2.24) is 19.7 Å². The van der Waals surface area contributed by atoms with Crippen molar-refractivity contribution in [3.63, 3.8) is 0 Å². The number of aromatic nitrogens is 3. The summed E-state index contributed by atoms with van der Waals surface area (Å²) < 4.78 is 46.2. The minimum absolute atomic E-state index is 0.0381. The van der Waals surface area contributed by atoms with E-state index in [0.29, 0.717) is 55.2 Å². The van der Waals surface area contributed by atoms with E-state index in [0.717, 1.165) is 12.1 Å². The maximum atomic E-state index is 13.0. The van der Waals surface area contributed by atoms with Crippen LogP contribution < -0.4 is 4.90 Å². The predicted octanol–water partition coefficient (Wildman–Crippen LogP) is 4.02. The molecule has 0 saturated carbocycles. The first-order chi connectivity index (χ1) is 15.4. The van der Waals surface area contributed by atoms with Crippen LogP contribution in [0.4, 0.5) is 18.9 Å². The fourth-order valence-corrected chi connectivity index (χ4v) is 4.48. The second-order valence-corrected chi connectivity index (χ2v) is 8.17. The fraction of sp³-hybridized carbons (Fsp3) is 0.381. The smallest absolute Gasteiger partial charge is 0.416 e. The molecule has 3 heterocycles. The Morgan fingerprint density at radius 3 is 2.56 bits per heavy atom. The van der Waals surface area contributed by atoms with Gasteiger partial charge in [0.15, 0.2) is 16.7 Å². The molecule has 7 nitrogen and oxygen atoms in total. The summed E-state index contributed by atoms with van der Waals surface area (Å²) in [5, 5.41) is 8.99. The van der Waals surface area contributed by atoms with Crippen LogP contribution in [-0.2, 0) is 17.5 Å². The molecule has 32 heavy (non-hydrogen) atoms. The van der Waals surface area contributed by atoms with Gasteiger partial charge in [0, 0.05) is 38.4 Å². The van der Waals surface area contributed by atoms with E-state index in [9.17, 15) is 18.0 Å². The number of hydrogen-bond donors (Lipinski definition) is 0. The number of amides is 1. The molecule has 0 N–H and O–H groups in total. The van der Waals surface area contributed by atoms with Gasteiger partial charge in [0.05, 0.1) is 17.6 Å². The van der Waals surface area contributed by atoms with Gasteiger partial charge >= 0.3 is 6.18 Å². The summed E-state index contributed by atoms with van der Waals surface area (Å²) in [6.07, 6.45) is -2.81. The highest BCUT2D eigenvalue weighted by Gasteiger charge is 2.31. The Balaban J connectivity index is 1.33. The first-order valence-electron chi connectivity index (χ1n) is 10.2. The molecular weight excluding hydrogens is 443 g/mol. The van der Waals surface area contributed by atoms with Gasteiger partial charge in [-0.15, -0.1) is 10.2 Å². The van der Waals surface area contributed by atoms with Gasteiger partial charge in [-0.2, -0.15) is 13.2 Å². The molecule has 0 spiro atoms. The summed E-state index contributed by atoms with van der Waals surface area (Å²) in [4.78, 5) is 16.3. The van der Waals surface area contributed by atoms with E-state index in [4.69, 9.17) is 4.42 Å². The standard InChI is InChI=1S/C21H22F3N5O2S/c1-2-29-19(17-7-4-12-31-17)25-26-20(29)32-14-18(30)28-10-8-27(9-11-28)16-6-3-5-15(13-16)21(22,23)24/h3-7,12-13H,2,8-11,14H2,1H3. The van der Waals surface area contributed by atoms with Gasteiger partial charge in [-0.1, -0.05) is 17.8 Å². The number of carbonyl (C=O) groups excluding carboxylic acids is 1. The number of nitrogens with zero attached hydrogens (tertiary/aromatic N) is 5. The molecule has 1 aromatic carbocycles. The number of rotatable bonds is 6. The van der Waals surface area contributed by atoms with E-state index < -0.39 is 11.7 Å². The molecule has 11 heteroatoms. The SMILES string of the molecule is CCn1c(SCC(=O)N2CCN(c3cccc(C(F)(F)F)c3)CC2)nnc1-c1ccco1. The van der Waals surface area contributed by atoms with Crippen LogP contribution in [0.2, 0.25) is 0 Å². The molecule has 1 saturated heterocycles. The van der Waals surface area contributed by atoms with Crippen LogP contribution in [-0.4, -0.2) is 57.5 Å². The lowest BCUT2D eigenvalue weighted by atomic mass is 10.1. The van der Waals surface area contributed by atoms with Gasteiger partial charge < -0.3 is 14.2 Å². The first kappa shape index (κ1) is 22.3. The van der Waals surface area contributed by atoms with E-state index in [1.165, 1.54) is 17.8 Å². The van der Waals surface area contributed by atoms with Gasteiger partial charge in [0.25, 0.3) is 0 Å². The van der Waals surface area contributed by atoms with Gasteiger partial charge in [-0.3, -0.25) is 9.36 Å². The Labute approximate surface area is 187 Å². The minimum Gasteiger partial charge on any atom is -0.461 e. The summed E-state index contributed by atoms with van der Waals surface area (Å²) in [5.74, 6) is 1.40. The van der Waals surface area contributed by atoms with Crippen molar-refractivity contribution in [2.75, 3.05) is 36.8 Å². The highest BCUT2D eigenvalue weighted by atomic mass is 32.2. The Morgan fingerprint density at radius 2 is 1.91 bits per heavy atom. The highest BCUT2D eigenvalue weighted by Crippen LogP contribution is 2.32. The van der Waals surface area contributed by atoms with Crippen LogP contribution in [0.1, 0.15) is 12.5 Å². The number of benzene rings is 1. The zero-order valence-electron chi connectivity index (χ0n) is 17.4. The highest BCUT2D eigenvalue weighted by molar-refractivity contribution is 7.99. The van der Waals surface area contributed by atoms with Gasteiger partial charge in [0.2, 0.25) is 5.91 Å². The topological polar surface area (TPSA) is 67.4 Å². The molecule has 2 aromatic heterocycles. The summed E-state index contributed by atoms with van der Waals surface area (Å²) in [5.41, 5.74) is -0.151. The molecule has 1 amide bonds. The van der Waals surface area contributed by atoms with Crippen LogP contribution in [0.15, 0.2) is 52.2 Å². The van der Waals surface area contributed by atoms with Crippen LogP contribution >= 0.6 is 11.8 Å². The molecule has 1 aliphatic heterocycles. The zero-order valence-corrected chi connectivity index (χ0v) is 18.2. The summed E-state index contributed by atoms with van der Waals surface area (Å²) in [6.45, 7) is 4.46. The Kier molecular flexibility index (Phi) is 6.45. The number of carbonyl (C=O) groups is 1. The Bertz CT molecular complexity index is 1060. The van der Waals surface area contributed by atoms with Crippen molar-refractivity contribution in [2.45, 2.75) is 24.8 Å². The minimum atomic E-state index is -4.37. The molecule has 1 fully saturated rings. The number of piperazine rings is 1. The Hall–Kier alpha value is -2.95. The summed E-state index contributed by atoms with van der Waals surface area (Å²) >= 11 is 1.31. The van der Waals surface area contributed by atoms with Crippen molar-refractivity contribution >= 4 is 23.4 Å². The maximum Gasteiger partial charge on any atom is 0.416 e. The monoisotopic (exact) mass is 465 g/mol. The normalized spacial score (nSPS) is 14.8. The fourth-order valence-electron chi connectivity index (χ4n) is 3.58. The quantitative estimate of drug-likeness (QED) is 0.513. The van der Waals surface area contributed by atoms with E-state index in [2.05, 4.69) is 10.2 Å². The van der Waals surface area contributed by atoms with E-state index in [-0.39, 0.29) is 11.7 Å². The molecule has 0 aliphatic carbocycles. The molecule has 3 aromatic rings. The van der Waals surface area contributed by atoms with Crippen LogP contribution in [0.3, 0.4) is 0 Å². The third-order valence-electron chi connectivity index (χ3n) is 5.27. The lowest BCUT2D eigenvalue weighted by molar-refractivity contribution is -0.137. The second-order valence-electron chi connectivity index (χ2n) is 7.23. The lowest BCUT2D eigenvalue weighted by Gasteiger charge is -2.36. The van der Waals surface area contributed by atoms with E-state index in [1.807, 2.05) is 16.4 Å². The number of hydrogen-bond acceptors (Lipinski definition) is 6. The molecule has 0 bridgehead atoms. The molecule has 170 valence electrons. The number of halogens is 3. The number of furan rings is 1. The van der Waals surface area contributed by atoms with Crippen molar-refractivity contribution in [2.24, 2.45) is 0 Å². The summed E-state index contributed by atoms with van der Waals surface area (Å²) in [6, 6.07) is 8.87. The lowest BCUT2D eigenvalue weighted by Crippen LogP contribution is -2.49. The number of anilines is 1. The van der Waals surface area contributed by atoms with Gasteiger partial charge in [-0.25, -0.2) is 0 Å². The second kappa shape index (κ2) is 9.27. The molecule has 0 radical (unpaired) electrons. The summed E-state index contributed by atoms with van der Waals surface area (Å²) in [7, 11) is 0. The molecular formula is C21H22F3N5O2S. The van der Waals surface area contributed by atoms with Crippen LogP contribution in [0.25, 0.3) is 11.6 Å². The molecule has 4 rings (SSSR count). The van der Waals surface area contributed by atoms with Crippen LogP contribution in [0, 0.1) is 0 Å². The van der Waals surface area contributed by atoms with Crippen molar-refractivity contribution < 1.29 is 22.4 Å². The van der Waals surface area contributed by atoms with Crippen molar-refractivity contribution in [1.29, 1.82) is 0 Å². The molecule has 1 aliphatic rings. The van der Waals surface area contributed by atoms with Gasteiger partial charge in [-0.05, 0) is 37.3 Å². The number of thioether (sulfide) groups is 1. The largest absolute Gasteiger partial charge is 0.461 e. The third-order valence-corrected chi connectivity index (χ3v) is 6.22. The predicted molar refractivity (Wildman–Crippen MR) is 114 cm³/mol. The maximum absolute atomic E-state index is 13.0. The first-order valence-corrected chi connectivity index (χ1v) is 11.1. The molecule has 0 unspecified atom stereocenters. The average Bonchev–Trinajstić information content (AvgIpc) is 3.46. The van der Waals surface area contributed by atoms with Crippen molar-refractivity contribution in [3.8, 4) is 11.6 Å². The number of alkyl halides is 3. The average molecular weight is 466 g/mol. The molecule has 0 atom stereocenters. The zero-order chi connectivity index (χ0) is 22.7. The van der Waals surface area contributed by atoms with Crippen LogP contribution in [0.5, 0.6) is 0 Å². The third kappa shape index (κ3) is 4.77.